The summed E-state index contributed by atoms with van der Waals surface area (Å²) in [5.41, 5.74) is 2.64. The minimum Gasteiger partial charge on any atom is -0.312 e. The summed E-state index contributed by atoms with van der Waals surface area (Å²) in [5.74, 6) is 0.296. The predicted molar refractivity (Wildman–Crippen MR) is 87.9 cm³/mol. The van der Waals surface area contributed by atoms with E-state index < -0.39 is 10.0 Å². The van der Waals surface area contributed by atoms with E-state index in [0.29, 0.717) is 11.4 Å². The van der Waals surface area contributed by atoms with E-state index in [1.807, 2.05) is 13.0 Å². The molecule has 2 saturated carbocycles. The van der Waals surface area contributed by atoms with Crippen molar-refractivity contribution < 1.29 is 13.2 Å². The number of nitrogens with one attached hydrogen (secondary N) is 1. The number of nitrogens with zero attached hydrogens (tertiary/aromatic N) is 1. The maximum atomic E-state index is 12.6. The van der Waals surface area contributed by atoms with Crippen LogP contribution in [-0.4, -0.2) is 26.9 Å². The van der Waals surface area contributed by atoms with E-state index in [9.17, 15) is 13.2 Å². The number of rotatable bonds is 4. The zero-order valence-corrected chi connectivity index (χ0v) is 14.2. The van der Waals surface area contributed by atoms with Crippen molar-refractivity contribution in [1.29, 1.82) is 0 Å². The Labute approximate surface area is 137 Å². The van der Waals surface area contributed by atoms with Crippen molar-refractivity contribution in [2.75, 3.05) is 11.4 Å². The van der Waals surface area contributed by atoms with Gasteiger partial charge >= 0.3 is 0 Å². The second-order valence-corrected chi connectivity index (χ2v) is 8.69. The van der Waals surface area contributed by atoms with E-state index in [4.69, 9.17) is 0 Å². The number of carbonyl (C=O) groups excluding carboxylic acids is 1. The molecule has 1 aliphatic heterocycles. The molecule has 3 aliphatic rings. The van der Waals surface area contributed by atoms with Gasteiger partial charge in [0.05, 0.1) is 4.90 Å². The van der Waals surface area contributed by atoms with Crippen LogP contribution in [0.3, 0.4) is 0 Å². The first-order valence-corrected chi connectivity index (χ1v) is 9.91. The molecular weight excluding hydrogens is 312 g/mol. The van der Waals surface area contributed by atoms with Crippen molar-refractivity contribution >= 4 is 21.6 Å². The third kappa shape index (κ3) is 2.68. The first-order chi connectivity index (χ1) is 11.0. The molecule has 0 spiro atoms. The molecule has 4 rings (SSSR count). The Balaban J connectivity index is 1.69. The molecule has 5 nitrogen and oxygen atoms in total. The van der Waals surface area contributed by atoms with Gasteiger partial charge in [-0.3, -0.25) is 4.79 Å². The van der Waals surface area contributed by atoms with Crippen LogP contribution < -0.4 is 9.62 Å². The van der Waals surface area contributed by atoms with Gasteiger partial charge < -0.3 is 4.90 Å². The van der Waals surface area contributed by atoms with E-state index in [2.05, 4.69) is 4.72 Å². The highest BCUT2D eigenvalue weighted by Gasteiger charge is 2.35. The number of hydrogen-bond acceptors (Lipinski definition) is 3. The highest BCUT2D eigenvalue weighted by molar-refractivity contribution is 7.89. The van der Waals surface area contributed by atoms with Crippen molar-refractivity contribution in [3.63, 3.8) is 0 Å². The van der Waals surface area contributed by atoms with Crippen LogP contribution in [0.2, 0.25) is 0 Å². The van der Waals surface area contributed by atoms with E-state index in [0.717, 1.165) is 55.3 Å². The average molecular weight is 334 g/mol. The van der Waals surface area contributed by atoms with E-state index >= 15 is 0 Å². The van der Waals surface area contributed by atoms with Gasteiger partial charge in [-0.15, -0.1) is 0 Å². The third-order valence-electron chi connectivity index (χ3n) is 5.18. The number of fused-ring (bicyclic) bond motifs is 1. The first kappa shape index (κ1) is 15.1. The van der Waals surface area contributed by atoms with Crippen LogP contribution in [0.4, 0.5) is 5.69 Å². The largest absolute Gasteiger partial charge is 0.312 e. The molecule has 0 unspecified atom stereocenters. The molecule has 23 heavy (non-hydrogen) atoms. The highest BCUT2D eigenvalue weighted by Crippen LogP contribution is 2.37. The molecular formula is C17H22N2O3S. The van der Waals surface area contributed by atoms with Crippen LogP contribution >= 0.6 is 0 Å². The molecule has 0 atom stereocenters. The lowest BCUT2D eigenvalue weighted by Gasteiger charge is -2.29. The number of hydrogen-bond donors (Lipinski definition) is 1. The van der Waals surface area contributed by atoms with Crippen LogP contribution in [0.15, 0.2) is 17.0 Å². The second-order valence-electron chi connectivity index (χ2n) is 7.01. The standard InChI is InChI=1S/C17H22N2O3S/c1-11-9-13-7-8-19(17(20)12-3-2-4-12)15(13)10-16(11)23(21,22)18-14-5-6-14/h9-10,12,14,18H,2-8H2,1H3. The van der Waals surface area contributed by atoms with Gasteiger partial charge in [0.15, 0.2) is 0 Å². The van der Waals surface area contributed by atoms with Crippen LogP contribution in [0.1, 0.15) is 43.2 Å². The second kappa shape index (κ2) is 5.31. The zero-order valence-electron chi connectivity index (χ0n) is 13.3. The Hall–Kier alpha value is -1.40. The van der Waals surface area contributed by atoms with E-state index in [1.165, 1.54) is 0 Å². The Morgan fingerprint density at radius 3 is 2.57 bits per heavy atom. The minimum absolute atomic E-state index is 0.0837. The average Bonchev–Trinajstić information content (AvgIpc) is 3.12. The van der Waals surface area contributed by atoms with Gasteiger partial charge in [-0.2, -0.15) is 0 Å². The van der Waals surface area contributed by atoms with Gasteiger partial charge in [0, 0.05) is 24.2 Å². The van der Waals surface area contributed by atoms with Gasteiger partial charge in [-0.1, -0.05) is 12.5 Å². The van der Waals surface area contributed by atoms with Crippen LogP contribution in [0.5, 0.6) is 0 Å². The molecule has 1 amide bonds. The lowest BCUT2D eigenvalue weighted by Crippen LogP contribution is -2.38. The number of aryl methyl sites for hydroxylation is 1. The van der Waals surface area contributed by atoms with Crippen molar-refractivity contribution in [2.45, 2.75) is 56.4 Å². The fourth-order valence-electron chi connectivity index (χ4n) is 3.42. The van der Waals surface area contributed by atoms with Gasteiger partial charge in [-0.25, -0.2) is 13.1 Å². The quantitative estimate of drug-likeness (QED) is 0.917. The maximum absolute atomic E-state index is 12.6. The summed E-state index contributed by atoms with van der Waals surface area (Å²) in [6.07, 6.45) is 5.68. The smallest absolute Gasteiger partial charge is 0.241 e. The fraction of sp³-hybridized carbons (Fsp3) is 0.588. The van der Waals surface area contributed by atoms with Crippen LogP contribution in [0.25, 0.3) is 0 Å². The lowest BCUT2D eigenvalue weighted by molar-refractivity contribution is -0.124. The molecule has 1 heterocycles. The van der Waals surface area contributed by atoms with Crippen molar-refractivity contribution in [1.82, 2.24) is 4.72 Å². The summed E-state index contributed by atoms with van der Waals surface area (Å²) in [5, 5.41) is 0. The van der Waals surface area contributed by atoms with Crippen LogP contribution in [0, 0.1) is 12.8 Å². The SMILES string of the molecule is Cc1cc2c(cc1S(=O)(=O)NC1CC1)N(C(=O)C1CCC1)CC2. The molecule has 0 saturated heterocycles. The first-order valence-electron chi connectivity index (χ1n) is 8.43. The maximum Gasteiger partial charge on any atom is 0.241 e. The molecule has 124 valence electrons. The molecule has 1 N–H and O–H groups in total. The van der Waals surface area contributed by atoms with Gasteiger partial charge in [0.25, 0.3) is 0 Å². The molecule has 1 aromatic carbocycles. The van der Waals surface area contributed by atoms with E-state index in [1.54, 1.807) is 11.0 Å². The fourth-order valence-corrected chi connectivity index (χ4v) is 4.97. The minimum atomic E-state index is -3.50. The summed E-state index contributed by atoms with van der Waals surface area (Å²) < 4.78 is 27.9. The topological polar surface area (TPSA) is 66.5 Å². The van der Waals surface area contributed by atoms with E-state index in [-0.39, 0.29) is 17.9 Å². The van der Waals surface area contributed by atoms with Crippen molar-refractivity contribution in [3.05, 3.63) is 23.3 Å². The summed E-state index contributed by atoms with van der Waals surface area (Å²) in [4.78, 5) is 14.7. The molecule has 2 fully saturated rings. The van der Waals surface area contributed by atoms with Gasteiger partial charge in [-0.05, 0) is 56.2 Å². The molecule has 0 radical (unpaired) electrons. The summed E-state index contributed by atoms with van der Waals surface area (Å²) in [7, 11) is -3.50. The van der Waals surface area contributed by atoms with Gasteiger partial charge in [0.2, 0.25) is 15.9 Å². The third-order valence-corrected chi connectivity index (χ3v) is 6.84. The van der Waals surface area contributed by atoms with Crippen molar-refractivity contribution in [3.8, 4) is 0 Å². The van der Waals surface area contributed by atoms with Gasteiger partial charge in [0.1, 0.15) is 0 Å². The normalized spacial score (nSPS) is 21.2. The molecule has 0 bridgehead atoms. The Bertz CT molecular complexity index is 764. The molecule has 0 aromatic heterocycles. The molecule has 1 aromatic rings. The molecule has 6 heteroatoms. The Morgan fingerprint density at radius 2 is 1.96 bits per heavy atom. The monoisotopic (exact) mass is 334 g/mol. The zero-order chi connectivity index (χ0) is 16.2. The number of carbonyl (C=O) groups is 1. The Morgan fingerprint density at radius 1 is 1.22 bits per heavy atom. The number of anilines is 1. The van der Waals surface area contributed by atoms with Crippen LogP contribution in [-0.2, 0) is 21.2 Å². The number of sulfonamides is 1. The highest BCUT2D eigenvalue weighted by atomic mass is 32.2. The number of benzene rings is 1. The summed E-state index contributed by atoms with van der Waals surface area (Å²) in [6.45, 7) is 2.50. The number of amides is 1. The Kier molecular flexibility index (Phi) is 3.50. The van der Waals surface area contributed by atoms with Crippen molar-refractivity contribution in [2.24, 2.45) is 5.92 Å². The lowest BCUT2D eigenvalue weighted by atomic mass is 9.84. The summed E-state index contributed by atoms with van der Waals surface area (Å²) >= 11 is 0. The predicted octanol–water partition coefficient (Wildman–Crippen LogP) is 2.12. The molecule has 2 aliphatic carbocycles. The summed E-state index contributed by atoms with van der Waals surface area (Å²) in [6, 6.07) is 3.73.